The predicted octanol–water partition coefficient (Wildman–Crippen LogP) is 1.85. The van der Waals surface area contributed by atoms with E-state index in [-0.39, 0.29) is 4.90 Å². The van der Waals surface area contributed by atoms with Crippen molar-refractivity contribution in [1.82, 2.24) is 0 Å². The van der Waals surface area contributed by atoms with Gasteiger partial charge in [0.25, 0.3) is 10.1 Å². The van der Waals surface area contributed by atoms with Gasteiger partial charge in [-0.25, -0.2) is 0 Å². The highest BCUT2D eigenvalue weighted by Crippen LogP contribution is 2.08. The van der Waals surface area contributed by atoms with Gasteiger partial charge in [-0.15, -0.1) is 0 Å². The molecule has 0 radical (unpaired) electrons. The lowest BCUT2D eigenvalue weighted by Crippen LogP contribution is -2.39. The van der Waals surface area contributed by atoms with E-state index in [1.165, 1.54) is 12.1 Å². The molecule has 0 bridgehead atoms. The summed E-state index contributed by atoms with van der Waals surface area (Å²) in [5.74, 6) is 0. The Bertz CT molecular complexity index is 528. The third-order valence-corrected chi connectivity index (χ3v) is 3.54. The van der Waals surface area contributed by atoms with Crippen LogP contribution < -0.4 is 0 Å². The first kappa shape index (κ1) is 17.6. The second-order valence-electron chi connectivity index (χ2n) is 4.86. The first-order chi connectivity index (χ1) is 8.62. The summed E-state index contributed by atoms with van der Waals surface area (Å²) in [5, 5.41) is 8.27. The summed E-state index contributed by atoms with van der Waals surface area (Å²) in [5.41, 5.74) is 0.956. The van der Waals surface area contributed by atoms with Gasteiger partial charge in [0.1, 0.15) is 6.07 Å². The largest absolute Gasteiger partial charge is 0.317 e. The topological polar surface area (TPSA) is 78.2 Å². The van der Waals surface area contributed by atoms with E-state index in [9.17, 15) is 8.42 Å². The van der Waals surface area contributed by atoms with E-state index < -0.39 is 10.1 Å². The normalized spacial score (nSPS) is 11.2. The van der Waals surface area contributed by atoms with Crippen LogP contribution in [-0.4, -0.2) is 44.6 Å². The van der Waals surface area contributed by atoms with Gasteiger partial charge in [-0.1, -0.05) is 17.7 Å². The lowest BCUT2D eigenvalue weighted by molar-refractivity contribution is -0.881. The lowest BCUT2D eigenvalue weighted by atomic mass is 10.2. The maximum atomic E-state index is 10.5. The maximum Gasteiger partial charge on any atom is 0.294 e. The molecule has 0 saturated heterocycles. The molecule has 0 heterocycles. The van der Waals surface area contributed by atoms with Gasteiger partial charge >= 0.3 is 0 Å². The Hall–Kier alpha value is -1.42. The van der Waals surface area contributed by atoms with Crippen LogP contribution in [0.15, 0.2) is 29.2 Å². The van der Waals surface area contributed by atoms with Crippen LogP contribution in [-0.2, 0) is 10.1 Å². The van der Waals surface area contributed by atoms with Crippen molar-refractivity contribution in [2.75, 3.05) is 27.2 Å². The van der Waals surface area contributed by atoms with Crippen LogP contribution >= 0.6 is 0 Å². The van der Waals surface area contributed by atoms with Gasteiger partial charge in [0.15, 0.2) is 6.54 Å². The van der Waals surface area contributed by atoms with E-state index in [4.69, 9.17) is 9.81 Å². The van der Waals surface area contributed by atoms with Crippen molar-refractivity contribution in [2.24, 2.45) is 0 Å². The summed E-state index contributed by atoms with van der Waals surface area (Å²) < 4.78 is 30.4. The van der Waals surface area contributed by atoms with Crippen LogP contribution in [0.2, 0.25) is 0 Å². The Morgan fingerprint density at radius 1 is 1.26 bits per heavy atom. The van der Waals surface area contributed by atoms with Crippen molar-refractivity contribution in [3.05, 3.63) is 29.8 Å². The summed E-state index contributed by atoms with van der Waals surface area (Å²) in [6, 6.07) is 8.12. The Kier molecular flexibility index (Phi) is 6.70. The summed E-state index contributed by atoms with van der Waals surface area (Å²) in [7, 11) is 0.0701. The van der Waals surface area contributed by atoms with Crippen molar-refractivity contribution in [2.45, 2.75) is 18.7 Å². The molecule has 19 heavy (non-hydrogen) atoms. The average Bonchev–Trinajstić information content (AvgIpc) is 2.29. The van der Waals surface area contributed by atoms with Gasteiger partial charge in [-0.2, -0.15) is 13.7 Å². The molecular weight excluding hydrogens is 264 g/mol. The zero-order chi connectivity index (χ0) is 15.1. The zero-order valence-corrected chi connectivity index (χ0v) is 12.6. The van der Waals surface area contributed by atoms with Crippen molar-refractivity contribution < 1.29 is 17.5 Å². The number of quaternary nitrogens is 1. The van der Waals surface area contributed by atoms with Gasteiger partial charge in [-0.3, -0.25) is 4.55 Å². The fourth-order valence-electron chi connectivity index (χ4n) is 1.01. The second kappa shape index (κ2) is 7.24. The Balaban J connectivity index is 0.000000362. The van der Waals surface area contributed by atoms with Crippen LogP contribution in [0, 0.1) is 18.3 Å². The van der Waals surface area contributed by atoms with E-state index in [0.29, 0.717) is 6.54 Å². The third-order valence-electron chi connectivity index (χ3n) is 2.67. The molecule has 0 aliphatic heterocycles. The van der Waals surface area contributed by atoms with Crippen LogP contribution in [0.5, 0.6) is 0 Å². The quantitative estimate of drug-likeness (QED) is 0.522. The predicted molar refractivity (Wildman–Crippen MR) is 74.1 cm³/mol. The highest BCUT2D eigenvalue weighted by atomic mass is 32.2. The molecule has 0 fully saturated rings. The average molecular weight is 285 g/mol. The van der Waals surface area contributed by atoms with Crippen LogP contribution in [0.4, 0.5) is 0 Å². The minimum absolute atomic E-state index is 0.0666. The third kappa shape index (κ3) is 7.57. The van der Waals surface area contributed by atoms with Crippen molar-refractivity contribution in [3.63, 3.8) is 0 Å². The lowest BCUT2D eigenvalue weighted by Gasteiger charge is -2.23. The van der Waals surface area contributed by atoms with E-state index in [0.717, 1.165) is 16.6 Å². The van der Waals surface area contributed by atoms with E-state index in [1.807, 2.05) is 21.0 Å². The monoisotopic (exact) mass is 285 g/mol. The molecule has 1 aromatic carbocycles. The molecule has 6 heteroatoms. The fraction of sp³-hybridized carbons (Fsp3) is 0.462. The molecule has 0 aliphatic carbocycles. The minimum Gasteiger partial charge on any atom is -0.317 e. The van der Waals surface area contributed by atoms with Crippen molar-refractivity contribution >= 4 is 10.1 Å². The molecule has 0 unspecified atom stereocenters. The molecule has 0 atom stereocenters. The summed E-state index contributed by atoms with van der Waals surface area (Å²) in [6.45, 7) is 5.55. The molecule has 1 N–H and O–H groups in total. The Morgan fingerprint density at radius 2 is 1.74 bits per heavy atom. The number of aryl methyl sites for hydroxylation is 1. The second-order valence-corrected chi connectivity index (χ2v) is 6.28. The highest BCUT2D eigenvalue weighted by molar-refractivity contribution is 7.85. The number of benzene rings is 1. The summed E-state index contributed by atoms with van der Waals surface area (Å²) >= 11 is 0. The molecule has 0 amide bonds. The van der Waals surface area contributed by atoms with Gasteiger partial charge < -0.3 is 4.48 Å². The molecule has 0 aromatic heterocycles. The maximum absolute atomic E-state index is 10.5. The highest BCUT2D eigenvalue weighted by Gasteiger charge is 2.08. The van der Waals surface area contributed by atoms with Crippen molar-refractivity contribution in [1.29, 1.82) is 5.26 Å². The number of nitriles is 1. The van der Waals surface area contributed by atoms with E-state index in [1.54, 1.807) is 12.1 Å². The first-order valence-electron chi connectivity index (χ1n) is 5.85. The van der Waals surface area contributed by atoms with Gasteiger partial charge in [0.05, 0.1) is 25.5 Å². The first-order valence-corrected chi connectivity index (χ1v) is 7.29. The zero-order valence-electron chi connectivity index (χ0n) is 11.8. The van der Waals surface area contributed by atoms with E-state index in [2.05, 4.69) is 13.0 Å². The van der Waals surface area contributed by atoms with Crippen LogP contribution in [0.1, 0.15) is 12.5 Å². The standard InChI is InChI=1S/C7H8O3S.C6H13N2/c1-6-2-4-7(5-3-6)11(8,9)10;1-4-8(2,3)6-5-7/h2-5H,1H3,(H,8,9,10);4,6H2,1-3H3/q;+1. The van der Waals surface area contributed by atoms with Crippen molar-refractivity contribution in [3.8, 4) is 6.07 Å². The van der Waals surface area contributed by atoms with Crippen LogP contribution in [0.25, 0.3) is 0 Å². The molecule has 0 saturated carbocycles. The number of hydrogen-bond acceptors (Lipinski definition) is 3. The number of nitrogens with zero attached hydrogens (tertiary/aromatic N) is 2. The minimum atomic E-state index is -4.02. The molecule has 1 aromatic rings. The number of hydrogen-bond donors (Lipinski definition) is 1. The summed E-state index contributed by atoms with van der Waals surface area (Å²) in [6.07, 6.45) is 0. The molecule has 0 spiro atoms. The molecule has 0 aliphatic rings. The van der Waals surface area contributed by atoms with Gasteiger partial charge in [0.2, 0.25) is 0 Å². The number of rotatable bonds is 3. The molecule has 5 nitrogen and oxygen atoms in total. The van der Waals surface area contributed by atoms with Gasteiger partial charge in [-0.05, 0) is 26.0 Å². The van der Waals surface area contributed by atoms with E-state index >= 15 is 0 Å². The fourth-order valence-corrected chi connectivity index (χ4v) is 1.49. The van der Waals surface area contributed by atoms with Gasteiger partial charge in [0, 0.05) is 0 Å². The van der Waals surface area contributed by atoms with Crippen LogP contribution in [0.3, 0.4) is 0 Å². The Labute approximate surface area is 115 Å². The molecule has 1 rings (SSSR count). The smallest absolute Gasteiger partial charge is 0.294 e. The molecular formula is C13H21N2O3S+. The molecule has 106 valence electrons. The SMILES string of the molecule is CC[N+](C)(C)CC#N.Cc1ccc(S(=O)(=O)O)cc1. The Morgan fingerprint density at radius 3 is 2.00 bits per heavy atom. The summed E-state index contributed by atoms with van der Waals surface area (Å²) in [4.78, 5) is -0.0666.